The van der Waals surface area contributed by atoms with Crippen molar-refractivity contribution in [1.82, 2.24) is 0 Å². The van der Waals surface area contributed by atoms with Gasteiger partial charge in [-0.25, -0.2) is 0 Å². The summed E-state index contributed by atoms with van der Waals surface area (Å²) in [6, 6.07) is 16.4. The number of carbonyl (C=O) groups excluding carboxylic acids is 2. The molecule has 6 nitrogen and oxygen atoms in total. The van der Waals surface area contributed by atoms with Crippen molar-refractivity contribution in [3.8, 4) is 6.19 Å². The molecular formula is C25H17Cl5N4O2S. The molecule has 0 heterocycles. The quantitative estimate of drug-likeness (QED) is 0.220. The Balaban J connectivity index is 1.48. The van der Waals surface area contributed by atoms with Crippen LogP contribution in [-0.2, 0) is 15.5 Å². The third-order valence-electron chi connectivity index (χ3n) is 5.69. The number of halogens is 5. The van der Waals surface area contributed by atoms with Crippen molar-refractivity contribution < 1.29 is 9.59 Å². The number of hydrogen-bond donors (Lipinski definition) is 2. The molecule has 3 aromatic carbocycles. The molecule has 3 atom stereocenters. The molecular weight excluding hydrogens is 598 g/mol. The van der Waals surface area contributed by atoms with E-state index in [1.807, 2.05) is 6.26 Å². The number of alkyl halides is 2. The van der Waals surface area contributed by atoms with Gasteiger partial charge in [0.25, 0.3) is 5.91 Å². The second-order valence-corrected chi connectivity index (χ2v) is 12.5. The number of benzene rings is 3. The van der Waals surface area contributed by atoms with E-state index in [1.165, 1.54) is 12.1 Å². The molecule has 2 amide bonds. The van der Waals surface area contributed by atoms with Crippen molar-refractivity contribution in [3.63, 3.8) is 0 Å². The average molecular weight is 615 g/mol. The van der Waals surface area contributed by atoms with Crippen molar-refractivity contribution in [3.05, 3.63) is 86.9 Å². The van der Waals surface area contributed by atoms with Crippen LogP contribution < -0.4 is 10.6 Å². The molecule has 37 heavy (non-hydrogen) atoms. The van der Waals surface area contributed by atoms with Crippen LogP contribution in [0, 0.1) is 17.4 Å². The number of nitrogens with zero attached hydrogens (tertiary/aromatic N) is 2. The Morgan fingerprint density at radius 1 is 0.946 bits per heavy atom. The first-order valence-electron chi connectivity index (χ1n) is 10.6. The summed E-state index contributed by atoms with van der Waals surface area (Å²) >= 11 is 31.3. The maximum Gasteiger partial charge on any atom is 0.257 e. The zero-order valence-electron chi connectivity index (χ0n) is 18.9. The summed E-state index contributed by atoms with van der Waals surface area (Å²) in [4.78, 5) is 26.8. The minimum atomic E-state index is -1.34. The molecule has 3 aromatic rings. The third-order valence-corrected chi connectivity index (χ3v) is 8.71. The smallest absolute Gasteiger partial charge is 0.257 e. The van der Waals surface area contributed by atoms with Gasteiger partial charge in [-0.2, -0.15) is 5.26 Å². The summed E-state index contributed by atoms with van der Waals surface area (Å²) in [6.07, 6.45) is 3.61. The monoisotopic (exact) mass is 612 g/mol. The fourth-order valence-electron chi connectivity index (χ4n) is 3.87. The maximum atomic E-state index is 13.0. The van der Waals surface area contributed by atoms with E-state index >= 15 is 0 Å². The highest BCUT2D eigenvalue weighted by atomic mass is 35.5. The topological polar surface area (TPSA) is 94.3 Å². The van der Waals surface area contributed by atoms with Gasteiger partial charge in [-0.15, -0.1) is 27.6 Å². The number of carbonyl (C=O) groups is 2. The standard InChI is InChI=1S/C25H17Cl5N4O2S/c1-37(32-12-31)18-5-2-16(3-6-18)33-23(35)19-11-17(4-7-20(19)28)34-24(36)22-21(25(22,29)30)13-8-14(26)10-15(27)9-13/h2-11,21-22H,1H3,(H,33,35)(H,34,36)/t21-,22+,37?/m1/s1. The van der Waals surface area contributed by atoms with Gasteiger partial charge in [0.2, 0.25) is 12.1 Å². The zero-order chi connectivity index (χ0) is 26.9. The second kappa shape index (κ2) is 11.2. The van der Waals surface area contributed by atoms with Crippen molar-refractivity contribution in [2.24, 2.45) is 10.3 Å². The van der Waals surface area contributed by atoms with Gasteiger partial charge >= 0.3 is 0 Å². The lowest BCUT2D eigenvalue weighted by atomic mass is 10.1. The molecule has 4 rings (SSSR count). The summed E-state index contributed by atoms with van der Waals surface area (Å²) in [7, 11) is -0.567. The Bertz CT molecular complexity index is 1450. The van der Waals surface area contributed by atoms with Crippen LogP contribution in [0.15, 0.2) is 69.9 Å². The van der Waals surface area contributed by atoms with E-state index in [0.29, 0.717) is 27.0 Å². The molecule has 12 heteroatoms. The number of amides is 2. The van der Waals surface area contributed by atoms with Crippen molar-refractivity contribution in [2.45, 2.75) is 15.1 Å². The minimum Gasteiger partial charge on any atom is -0.326 e. The van der Waals surface area contributed by atoms with Gasteiger partial charge in [0.1, 0.15) is 4.33 Å². The minimum absolute atomic E-state index is 0.162. The Morgan fingerprint density at radius 3 is 2.19 bits per heavy atom. The summed E-state index contributed by atoms with van der Waals surface area (Å²) in [5.74, 6) is -2.15. The predicted octanol–water partition coefficient (Wildman–Crippen LogP) is 7.70. The molecule has 1 saturated carbocycles. The largest absolute Gasteiger partial charge is 0.326 e. The number of hydrogen-bond acceptors (Lipinski definition) is 4. The highest BCUT2D eigenvalue weighted by molar-refractivity contribution is 7.86. The lowest BCUT2D eigenvalue weighted by Crippen LogP contribution is -2.18. The van der Waals surface area contributed by atoms with Crippen molar-refractivity contribution >= 4 is 91.9 Å². The van der Waals surface area contributed by atoms with Crippen LogP contribution in [0.25, 0.3) is 0 Å². The summed E-state index contributed by atoms with van der Waals surface area (Å²) in [5, 5.41) is 15.3. The lowest BCUT2D eigenvalue weighted by molar-refractivity contribution is -0.117. The average Bonchev–Trinajstić information content (AvgIpc) is 3.42. The molecule has 0 aromatic heterocycles. The fourth-order valence-corrected chi connectivity index (χ4v) is 6.20. The van der Waals surface area contributed by atoms with Gasteiger partial charge < -0.3 is 10.6 Å². The van der Waals surface area contributed by atoms with E-state index in [0.717, 1.165) is 4.90 Å². The molecule has 190 valence electrons. The van der Waals surface area contributed by atoms with Crippen LogP contribution in [0.4, 0.5) is 11.4 Å². The number of nitriles is 1. The Kier molecular flexibility index (Phi) is 8.39. The Morgan fingerprint density at radius 2 is 1.57 bits per heavy atom. The van der Waals surface area contributed by atoms with Crippen LogP contribution >= 0.6 is 58.0 Å². The Hall–Kier alpha value is -2.31. The van der Waals surface area contributed by atoms with E-state index in [-0.39, 0.29) is 10.6 Å². The van der Waals surface area contributed by atoms with E-state index < -0.39 is 38.7 Å². The molecule has 0 spiro atoms. The fraction of sp³-hybridized carbons (Fsp3) is 0.160. The molecule has 0 radical (unpaired) electrons. The van der Waals surface area contributed by atoms with E-state index in [9.17, 15) is 9.59 Å². The summed E-state index contributed by atoms with van der Waals surface area (Å²) in [5.41, 5.74) is 1.70. The number of rotatable bonds is 6. The van der Waals surface area contributed by atoms with Crippen molar-refractivity contribution in [1.29, 1.82) is 5.26 Å². The number of nitrogens with one attached hydrogen (secondary N) is 2. The predicted molar refractivity (Wildman–Crippen MR) is 151 cm³/mol. The Labute approximate surface area is 240 Å². The summed E-state index contributed by atoms with van der Waals surface area (Å²) in [6.45, 7) is 0. The summed E-state index contributed by atoms with van der Waals surface area (Å²) < 4.78 is 2.46. The SMILES string of the molecule is CS(=NC#N)c1ccc(NC(=O)c2cc(NC(=O)[C@@H]3[C@@H](c4cc(Cl)cc(Cl)c4)C3(Cl)Cl)ccc2Cl)cc1. The molecule has 0 saturated heterocycles. The van der Waals surface area contributed by atoms with Gasteiger partial charge in [-0.1, -0.05) is 45.5 Å². The van der Waals surface area contributed by atoms with E-state index in [4.69, 9.17) is 63.3 Å². The van der Waals surface area contributed by atoms with Crippen LogP contribution in [0.2, 0.25) is 15.1 Å². The molecule has 1 fully saturated rings. The molecule has 0 aliphatic heterocycles. The first kappa shape index (κ1) is 27.7. The highest BCUT2D eigenvalue weighted by Crippen LogP contribution is 2.65. The van der Waals surface area contributed by atoms with Crippen LogP contribution in [0.1, 0.15) is 21.8 Å². The molecule has 0 bridgehead atoms. The van der Waals surface area contributed by atoms with Crippen LogP contribution in [0.3, 0.4) is 0 Å². The molecule has 2 N–H and O–H groups in total. The zero-order valence-corrected chi connectivity index (χ0v) is 23.5. The molecule has 1 aliphatic carbocycles. The lowest BCUT2D eigenvalue weighted by Gasteiger charge is -2.11. The van der Waals surface area contributed by atoms with Crippen molar-refractivity contribution in [2.75, 3.05) is 16.9 Å². The molecule has 1 unspecified atom stereocenters. The first-order chi connectivity index (χ1) is 17.5. The van der Waals surface area contributed by atoms with Gasteiger partial charge in [-0.3, -0.25) is 9.59 Å². The van der Waals surface area contributed by atoms with Crippen LogP contribution in [0.5, 0.6) is 0 Å². The second-order valence-electron chi connectivity index (χ2n) is 8.16. The third kappa shape index (κ3) is 6.23. The van der Waals surface area contributed by atoms with Crippen LogP contribution in [-0.4, -0.2) is 22.4 Å². The van der Waals surface area contributed by atoms with E-state index in [1.54, 1.807) is 54.7 Å². The normalized spacial score (nSPS) is 18.5. The van der Waals surface area contributed by atoms with Gasteiger partial charge in [0.05, 0.1) is 16.5 Å². The maximum absolute atomic E-state index is 13.0. The van der Waals surface area contributed by atoms with Gasteiger partial charge in [0.15, 0.2) is 0 Å². The molecule has 1 aliphatic rings. The highest BCUT2D eigenvalue weighted by Gasteiger charge is 2.67. The first-order valence-corrected chi connectivity index (χ1v) is 14.1. The van der Waals surface area contributed by atoms with Gasteiger partial charge in [0, 0.05) is 32.2 Å². The number of anilines is 2. The van der Waals surface area contributed by atoms with Gasteiger partial charge in [-0.05, 0) is 72.5 Å². The van der Waals surface area contributed by atoms with E-state index in [2.05, 4.69) is 15.0 Å².